The Bertz CT molecular complexity index is 1140. The number of hydrogen-bond donors (Lipinski definition) is 2. The zero-order chi connectivity index (χ0) is 21.6. The van der Waals surface area contributed by atoms with E-state index < -0.39 is 10.0 Å². The second-order valence-corrected chi connectivity index (χ2v) is 8.51. The van der Waals surface area contributed by atoms with Crippen molar-refractivity contribution in [3.63, 3.8) is 0 Å². The summed E-state index contributed by atoms with van der Waals surface area (Å²) < 4.78 is 27.7. The van der Waals surface area contributed by atoms with Crippen LogP contribution in [0.1, 0.15) is 25.1 Å². The van der Waals surface area contributed by atoms with E-state index in [9.17, 15) is 13.2 Å². The second kappa shape index (κ2) is 9.32. The van der Waals surface area contributed by atoms with Gasteiger partial charge in [0.1, 0.15) is 0 Å². The fraction of sp³-hybridized carbons (Fsp3) is 0.136. The molecule has 0 saturated heterocycles. The van der Waals surface area contributed by atoms with E-state index in [0.29, 0.717) is 11.4 Å². The van der Waals surface area contributed by atoms with Gasteiger partial charge in [-0.1, -0.05) is 50.3 Å². The summed E-state index contributed by atoms with van der Waals surface area (Å²) in [7, 11) is -3.87. The van der Waals surface area contributed by atoms with E-state index in [1.54, 1.807) is 26.0 Å². The van der Waals surface area contributed by atoms with Gasteiger partial charge in [0.2, 0.25) is 11.9 Å². The van der Waals surface area contributed by atoms with Crippen LogP contribution < -0.4 is 10.0 Å². The summed E-state index contributed by atoms with van der Waals surface area (Å²) in [6.07, 6.45) is 5.14. The van der Waals surface area contributed by atoms with Crippen molar-refractivity contribution in [3.8, 4) is 0 Å². The molecule has 1 heterocycles. The highest BCUT2D eigenvalue weighted by atomic mass is 32.2. The van der Waals surface area contributed by atoms with Crippen LogP contribution in [0.15, 0.2) is 71.8 Å². The van der Waals surface area contributed by atoms with Gasteiger partial charge < -0.3 is 5.32 Å². The van der Waals surface area contributed by atoms with Gasteiger partial charge in [-0.2, -0.15) is 0 Å². The first kappa shape index (κ1) is 21.2. The van der Waals surface area contributed by atoms with Crippen molar-refractivity contribution in [2.45, 2.75) is 18.7 Å². The number of rotatable bonds is 7. The average Bonchev–Trinajstić information content (AvgIpc) is 2.73. The Labute approximate surface area is 176 Å². The summed E-state index contributed by atoms with van der Waals surface area (Å²) in [5.74, 6) is -0.338. The maximum absolute atomic E-state index is 12.6. The topological polar surface area (TPSA) is 101 Å². The number of hydrogen-bond acceptors (Lipinski definition) is 5. The second-order valence-electron chi connectivity index (χ2n) is 6.82. The Morgan fingerprint density at radius 1 is 0.967 bits per heavy atom. The number of nitrogens with zero attached hydrogens (tertiary/aromatic N) is 2. The summed E-state index contributed by atoms with van der Waals surface area (Å²) >= 11 is 0. The maximum atomic E-state index is 12.6. The van der Waals surface area contributed by atoms with Crippen molar-refractivity contribution < 1.29 is 13.2 Å². The van der Waals surface area contributed by atoms with E-state index in [0.717, 1.165) is 5.56 Å². The molecule has 0 aliphatic heterocycles. The third kappa shape index (κ3) is 5.74. The Balaban J connectivity index is 1.72. The molecule has 0 unspecified atom stereocenters. The van der Waals surface area contributed by atoms with E-state index in [4.69, 9.17) is 0 Å². The van der Waals surface area contributed by atoms with E-state index in [-0.39, 0.29) is 22.7 Å². The molecule has 7 nitrogen and oxygen atoms in total. The van der Waals surface area contributed by atoms with Crippen LogP contribution in [0.5, 0.6) is 0 Å². The van der Waals surface area contributed by atoms with Crippen LogP contribution in [0.2, 0.25) is 0 Å². The molecule has 0 aliphatic rings. The fourth-order valence-electron chi connectivity index (χ4n) is 2.44. The summed E-state index contributed by atoms with van der Waals surface area (Å²) in [6, 6.07) is 17.3. The van der Waals surface area contributed by atoms with Crippen LogP contribution in [0, 0.1) is 5.92 Å². The molecular formula is C22H22N4O3S. The molecule has 2 N–H and O–H groups in total. The smallest absolute Gasteiger partial charge is 0.264 e. The lowest BCUT2D eigenvalue weighted by Crippen LogP contribution is -2.18. The molecule has 3 rings (SSSR count). The number of carbonyl (C=O) groups is 1. The Morgan fingerprint density at radius 3 is 2.33 bits per heavy atom. The van der Waals surface area contributed by atoms with Gasteiger partial charge in [0.05, 0.1) is 10.6 Å². The fourth-order valence-corrected chi connectivity index (χ4v) is 3.39. The zero-order valence-electron chi connectivity index (χ0n) is 16.6. The monoisotopic (exact) mass is 422 g/mol. The van der Waals surface area contributed by atoms with Crippen molar-refractivity contribution in [1.29, 1.82) is 0 Å². The minimum absolute atomic E-state index is 0.0256. The molecule has 30 heavy (non-hydrogen) atoms. The van der Waals surface area contributed by atoms with Crippen molar-refractivity contribution in [2.24, 2.45) is 5.92 Å². The summed E-state index contributed by atoms with van der Waals surface area (Å²) in [5, 5.41) is 2.72. The van der Waals surface area contributed by atoms with E-state index in [1.807, 2.05) is 36.4 Å². The highest BCUT2D eigenvalue weighted by Gasteiger charge is 2.16. The maximum Gasteiger partial charge on any atom is 0.264 e. The number of anilines is 2. The van der Waals surface area contributed by atoms with Gasteiger partial charge >= 0.3 is 0 Å². The molecule has 0 bridgehead atoms. The number of benzene rings is 2. The van der Waals surface area contributed by atoms with Gasteiger partial charge in [-0.3, -0.25) is 4.79 Å². The quantitative estimate of drug-likeness (QED) is 0.598. The normalized spacial score (nSPS) is 11.6. The van der Waals surface area contributed by atoms with Crippen LogP contribution in [0.3, 0.4) is 0 Å². The number of sulfonamides is 1. The first-order chi connectivity index (χ1) is 14.3. The highest BCUT2D eigenvalue weighted by Crippen LogP contribution is 2.17. The van der Waals surface area contributed by atoms with Crippen molar-refractivity contribution in [2.75, 3.05) is 10.0 Å². The molecule has 3 aromatic rings. The lowest BCUT2D eigenvalue weighted by atomic mass is 10.2. The largest absolute Gasteiger partial charge is 0.326 e. The molecule has 1 aromatic heterocycles. The van der Waals surface area contributed by atoms with Crippen LogP contribution in [0.25, 0.3) is 12.2 Å². The van der Waals surface area contributed by atoms with Gasteiger partial charge in [-0.25, -0.2) is 23.1 Å². The van der Waals surface area contributed by atoms with Crippen LogP contribution in [-0.4, -0.2) is 24.3 Å². The molecule has 0 saturated carbocycles. The molecule has 154 valence electrons. The minimum atomic E-state index is -3.87. The van der Waals surface area contributed by atoms with Crippen molar-refractivity contribution in [3.05, 3.63) is 78.1 Å². The van der Waals surface area contributed by atoms with Gasteiger partial charge in [-0.05, 0) is 42.0 Å². The van der Waals surface area contributed by atoms with Crippen molar-refractivity contribution >= 4 is 39.7 Å². The number of nitrogens with one attached hydrogen (secondary N) is 2. The lowest BCUT2D eigenvalue weighted by molar-refractivity contribution is -0.118. The van der Waals surface area contributed by atoms with Crippen LogP contribution in [-0.2, 0) is 14.8 Å². The molecule has 0 aliphatic carbocycles. The van der Waals surface area contributed by atoms with Crippen LogP contribution >= 0.6 is 0 Å². The first-order valence-corrected chi connectivity index (χ1v) is 10.8. The standard InChI is InChI=1S/C22H22N4O3S/c1-16(2)21(27)24-18-10-12-20(13-11-18)30(28,29)26-22-23-15-14-19(25-22)9-8-17-6-4-3-5-7-17/h3-16H,1-2H3,(H,24,27)(H,23,25,26)/b9-8+. The van der Waals surface area contributed by atoms with Gasteiger partial charge in [0, 0.05) is 17.8 Å². The van der Waals surface area contributed by atoms with E-state index >= 15 is 0 Å². The van der Waals surface area contributed by atoms with Gasteiger partial charge in [-0.15, -0.1) is 0 Å². The molecule has 0 spiro atoms. The third-order valence-corrected chi connectivity index (χ3v) is 5.45. The summed E-state index contributed by atoms with van der Waals surface area (Å²) in [5.41, 5.74) is 2.10. The molecule has 1 amide bonds. The Kier molecular flexibility index (Phi) is 6.58. The number of amides is 1. The predicted octanol–water partition coefficient (Wildman–Crippen LogP) is 4.04. The Morgan fingerprint density at radius 2 is 1.67 bits per heavy atom. The number of carbonyl (C=O) groups excluding carboxylic acids is 1. The molecule has 0 atom stereocenters. The van der Waals surface area contributed by atoms with Gasteiger partial charge in [0.15, 0.2) is 0 Å². The molecule has 8 heteroatoms. The SMILES string of the molecule is CC(C)C(=O)Nc1ccc(S(=O)(=O)Nc2nccc(/C=C/c3ccccc3)n2)cc1. The number of aromatic nitrogens is 2. The van der Waals surface area contributed by atoms with Crippen LogP contribution in [0.4, 0.5) is 11.6 Å². The lowest BCUT2D eigenvalue weighted by Gasteiger charge is -2.10. The average molecular weight is 423 g/mol. The summed E-state index contributed by atoms with van der Waals surface area (Å²) in [6.45, 7) is 3.56. The summed E-state index contributed by atoms with van der Waals surface area (Å²) in [4.78, 5) is 20.0. The molecular weight excluding hydrogens is 400 g/mol. The van der Waals surface area contributed by atoms with Gasteiger partial charge in [0.25, 0.3) is 10.0 Å². The van der Waals surface area contributed by atoms with E-state index in [1.165, 1.54) is 30.5 Å². The molecule has 0 radical (unpaired) electrons. The molecule has 0 fully saturated rings. The van der Waals surface area contributed by atoms with E-state index in [2.05, 4.69) is 20.0 Å². The minimum Gasteiger partial charge on any atom is -0.326 e. The third-order valence-electron chi connectivity index (χ3n) is 4.11. The first-order valence-electron chi connectivity index (χ1n) is 9.33. The predicted molar refractivity (Wildman–Crippen MR) is 118 cm³/mol. The Hall–Kier alpha value is -3.52. The zero-order valence-corrected chi connectivity index (χ0v) is 17.4. The molecule has 2 aromatic carbocycles. The highest BCUT2D eigenvalue weighted by molar-refractivity contribution is 7.92. The van der Waals surface area contributed by atoms with Crippen molar-refractivity contribution in [1.82, 2.24) is 9.97 Å².